The largest absolute Gasteiger partial charge is 0.377 e. The molecule has 1 unspecified atom stereocenters. The molecule has 0 aliphatic carbocycles. The number of anilines is 1. The first-order chi connectivity index (χ1) is 9.13. The molecule has 98 valence electrons. The average molecular weight is 337 g/mol. The van der Waals surface area contributed by atoms with Crippen LogP contribution in [0, 0.1) is 6.92 Å². The lowest BCUT2D eigenvalue weighted by Gasteiger charge is -2.29. The summed E-state index contributed by atoms with van der Waals surface area (Å²) in [5.74, 6) is 0. The number of benzene rings is 2. The van der Waals surface area contributed by atoms with E-state index >= 15 is 0 Å². The molecule has 1 atom stereocenters. The minimum Gasteiger partial charge on any atom is -0.377 e. The third-order valence-electron chi connectivity index (χ3n) is 3.59. The zero-order chi connectivity index (χ0) is 13.4. The van der Waals surface area contributed by atoms with Crippen LogP contribution in [0.5, 0.6) is 0 Å². The van der Waals surface area contributed by atoms with Crippen LogP contribution in [0.1, 0.15) is 29.2 Å². The van der Waals surface area contributed by atoms with Gasteiger partial charge in [-0.15, -0.1) is 0 Å². The summed E-state index contributed by atoms with van der Waals surface area (Å²) in [5.41, 5.74) is 5.17. The smallest absolute Gasteiger partial charge is 0.0522 e. The van der Waals surface area contributed by atoms with Crippen molar-refractivity contribution in [3.63, 3.8) is 0 Å². The summed E-state index contributed by atoms with van der Waals surface area (Å²) < 4.78 is 1.15. The first kappa shape index (κ1) is 13.0. The quantitative estimate of drug-likeness (QED) is 0.724. The van der Waals surface area contributed by atoms with Crippen molar-refractivity contribution in [1.82, 2.24) is 0 Å². The highest BCUT2D eigenvalue weighted by atomic mass is 79.9. The van der Waals surface area contributed by atoms with E-state index in [4.69, 9.17) is 11.6 Å². The van der Waals surface area contributed by atoms with E-state index in [1.54, 1.807) is 0 Å². The summed E-state index contributed by atoms with van der Waals surface area (Å²) in [5, 5.41) is 4.43. The standard InChI is InChI=1S/C16H15BrClN/c1-10-7-12-5-6-15(19-16(12)14(17)8-10)11-3-2-4-13(18)9-11/h2-4,7-9,15,19H,5-6H2,1H3. The molecule has 2 aromatic rings. The van der Waals surface area contributed by atoms with Crippen molar-refractivity contribution in [3.8, 4) is 0 Å². The maximum Gasteiger partial charge on any atom is 0.0522 e. The molecule has 19 heavy (non-hydrogen) atoms. The molecule has 0 saturated heterocycles. The van der Waals surface area contributed by atoms with Crippen LogP contribution in [0.3, 0.4) is 0 Å². The van der Waals surface area contributed by atoms with Gasteiger partial charge in [0.05, 0.1) is 11.7 Å². The molecule has 1 aliphatic rings. The SMILES string of the molecule is Cc1cc(Br)c2c(c1)CCC(c1cccc(Cl)c1)N2. The fraction of sp³-hybridized carbons (Fsp3) is 0.250. The lowest BCUT2D eigenvalue weighted by atomic mass is 9.92. The molecule has 0 bridgehead atoms. The van der Waals surface area contributed by atoms with Gasteiger partial charge in [0.2, 0.25) is 0 Å². The molecule has 0 spiro atoms. The normalized spacial score (nSPS) is 17.7. The van der Waals surface area contributed by atoms with E-state index < -0.39 is 0 Å². The average Bonchev–Trinajstić information content (AvgIpc) is 2.38. The lowest BCUT2D eigenvalue weighted by Crippen LogP contribution is -2.18. The van der Waals surface area contributed by atoms with Gasteiger partial charge >= 0.3 is 0 Å². The molecule has 2 aromatic carbocycles. The molecular formula is C16H15BrClN. The molecule has 0 radical (unpaired) electrons. The number of rotatable bonds is 1. The second-order valence-electron chi connectivity index (χ2n) is 5.07. The van der Waals surface area contributed by atoms with E-state index in [-0.39, 0.29) is 0 Å². The van der Waals surface area contributed by atoms with Gasteiger partial charge in [-0.25, -0.2) is 0 Å². The van der Waals surface area contributed by atoms with Gasteiger partial charge in [-0.1, -0.05) is 29.8 Å². The first-order valence-corrected chi connectivity index (χ1v) is 7.61. The van der Waals surface area contributed by atoms with E-state index in [0.717, 1.165) is 22.3 Å². The maximum atomic E-state index is 6.08. The van der Waals surface area contributed by atoms with Crippen LogP contribution in [0.15, 0.2) is 40.9 Å². The predicted molar refractivity (Wildman–Crippen MR) is 85.0 cm³/mol. The van der Waals surface area contributed by atoms with Crippen LogP contribution in [-0.4, -0.2) is 0 Å². The van der Waals surface area contributed by atoms with E-state index in [2.05, 4.69) is 46.4 Å². The number of halogens is 2. The van der Waals surface area contributed by atoms with E-state index in [1.165, 1.54) is 22.4 Å². The van der Waals surface area contributed by atoms with Crippen molar-refractivity contribution in [2.75, 3.05) is 5.32 Å². The second kappa shape index (κ2) is 5.18. The molecule has 1 N–H and O–H groups in total. The highest BCUT2D eigenvalue weighted by Crippen LogP contribution is 2.38. The second-order valence-corrected chi connectivity index (χ2v) is 6.36. The number of aryl methyl sites for hydroxylation is 2. The van der Waals surface area contributed by atoms with Crippen LogP contribution in [0.4, 0.5) is 5.69 Å². The van der Waals surface area contributed by atoms with Crippen molar-refractivity contribution >= 4 is 33.2 Å². The van der Waals surface area contributed by atoms with Gasteiger partial charge in [0.1, 0.15) is 0 Å². The number of nitrogens with one attached hydrogen (secondary N) is 1. The van der Waals surface area contributed by atoms with Crippen LogP contribution in [0.2, 0.25) is 5.02 Å². The molecule has 0 saturated carbocycles. The third kappa shape index (κ3) is 2.65. The fourth-order valence-electron chi connectivity index (χ4n) is 2.69. The Hall–Kier alpha value is -0.990. The van der Waals surface area contributed by atoms with Crippen molar-refractivity contribution in [2.24, 2.45) is 0 Å². The Balaban J connectivity index is 1.94. The van der Waals surface area contributed by atoms with Crippen LogP contribution < -0.4 is 5.32 Å². The van der Waals surface area contributed by atoms with E-state index in [9.17, 15) is 0 Å². The first-order valence-electron chi connectivity index (χ1n) is 6.44. The Morgan fingerprint density at radius 2 is 2.11 bits per heavy atom. The summed E-state index contributed by atoms with van der Waals surface area (Å²) in [7, 11) is 0. The molecule has 3 rings (SSSR count). The Morgan fingerprint density at radius 1 is 1.26 bits per heavy atom. The summed E-state index contributed by atoms with van der Waals surface area (Å²) >= 11 is 9.74. The Labute approximate surface area is 127 Å². The third-order valence-corrected chi connectivity index (χ3v) is 4.45. The molecule has 1 heterocycles. The number of fused-ring (bicyclic) bond motifs is 1. The summed E-state index contributed by atoms with van der Waals surface area (Å²) in [6.45, 7) is 2.13. The maximum absolute atomic E-state index is 6.08. The minimum absolute atomic E-state index is 0.338. The van der Waals surface area contributed by atoms with Crippen molar-refractivity contribution in [3.05, 3.63) is 62.6 Å². The fourth-order valence-corrected chi connectivity index (χ4v) is 3.62. The number of hydrogen-bond acceptors (Lipinski definition) is 1. The Kier molecular flexibility index (Phi) is 3.55. The number of hydrogen-bond donors (Lipinski definition) is 1. The molecule has 0 amide bonds. The predicted octanol–water partition coefficient (Wildman–Crippen LogP) is 5.51. The van der Waals surface area contributed by atoms with Gasteiger partial charge in [0, 0.05) is 9.50 Å². The monoisotopic (exact) mass is 335 g/mol. The molecule has 1 aliphatic heterocycles. The van der Waals surface area contributed by atoms with E-state index in [0.29, 0.717) is 6.04 Å². The molecule has 0 aromatic heterocycles. The van der Waals surface area contributed by atoms with Crippen molar-refractivity contribution in [2.45, 2.75) is 25.8 Å². The van der Waals surface area contributed by atoms with Crippen LogP contribution in [-0.2, 0) is 6.42 Å². The van der Waals surface area contributed by atoms with Gasteiger partial charge in [0.15, 0.2) is 0 Å². The van der Waals surface area contributed by atoms with Crippen LogP contribution in [0.25, 0.3) is 0 Å². The molecule has 1 nitrogen and oxygen atoms in total. The summed E-state index contributed by atoms with van der Waals surface area (Å²) in [4.78, 5) is 0. The van der Waals surface area contributed by atoms with Gasteiger partial charge in [-0.2, -0.15) is 0 Å². The van der Waals surface area contributed by atoms with E-state index in [1.807, 2.05) is 18.2 Å². The summed E-state index contributed by atoms with van der Waals surface area (Å²) in [6.07, 6.45) is 2.20. The van der Waals surface area contributed by atoms with Crippen LogP contribution >= 0.6 is 27.5 Å². The molecular weight excluding hydrogens is 322 g/mol. The van der Waals surface area contributed by atoms with Crippen molar-refractivity contribution in [1.29, 1.82) is 0 Å². The minimum atomic E-state index is 0.338. The zero-order valence-electron chi connectivity index (χ0n) is 10.7. The topological polar surface area (TPSA) is 12.0 Å². The lowest BCUT2D eigenvalue weighted by molar-refractivity contribution is 0.666. The summed E-state index contributed by atoms with van der Waals surface area (Å²) in [6, 6.07) is 12.9. The highest BCUT2D eigenvalue weighted by molar-refractivity contribution is 9.10. The van der Waals surface area contributed by atoms with Gasteiger partial charge < -0.3 is 5.32 Å². The van der Waals surface area contributed by atoms with Crippen molar-refractivity contribution < 1.29 is 0 Å². The van der Waals surface area contributed by atoms with Gasteiger partial charge in [-0.05, 0) is 70.6 Å². The molecule has 3 heteroatoms. The molecule has 0 fully saturated rings. The Morgan fingerprint density at radius 3 is 2.89 bits per heavy atom. The zero-order valence-corrected chi connectivity index (χ0v) is 13.1. The van der Waals surface area contributed by atoms with Gasteiger partial charge in [0.25, 0.3) is 0 Å². The Bertz CT molecular complexity index is 624. The van der Waals surface area contributed by atoms with Gasteiger partial charge in [-0.3, -0.25) is 0 Å². The highest BCUT2D eigenvalue weighted by Gasteiger charge is 2.21.